The van der Waals surface area contributed by atoms with Crippen LogP contribution in [0.15, 0.2) is 24.3 Å². The maximum atomic E-state index is 13.4. The van der Waals surface area contributed by atoms with E-state index in [0.717, 1.165) is 21.3 Å². The number of ether oxygens (including phenoxy) is 4. The molecule has 0 bridgehead atoms. The van der Waals surface area contributed by atoms with Crippen LogP contribution in [0.1, 0.15) is 52.0 Å². The van der Waals surface area contributed by atoms with E-state index in [1.54, 1.807) is 20.8 Å². The first kappa shape index (κ1) is 36.7. The molecule has 0 saturated carbocycles. The van der Waals surface area contributed by atoms with E-state index < -0.39 is 64.8 Å². The van der Waals surface area contributed by atoms with Crippen LogP contribution < -0.4 is 21.2 Å². The van der Waals surface area contributed by atoms with Crippen molar-refractivity contribution in [3.63, 3.8) is 0 Å². The van der Waals surface area contributed by atoms with Gasteiger partial charge in [0, 0.05) is 31.4 Å². The second kappa shape index (κ2) is 17.6. The van der Waals surface area contributed by atoms with E-state index in [4.69, 9.17) is 9.47 Å². The number of hydrogen-bond donors (Lipinski definition) is 5. The summed E-state index contributed by atoms with van der Waals surface area (Å²) in [7, 11) is 3.42. The SMILES string of the molecule is COC(=O)CCC(NC(=O)OC(C)(C)C)C(=O)NC(Cc1ccc([NH+]([O-])O)cc1)C(=O)NC(CCC(=O)OC)C(=O)OC. The lowest BCUT2D eigenvalue weighted by Crippen LogP contribution is -2.99. The van der Waals surface area contributed by atoms with Crippen LogP contribution >= 0.6 is 0 Å². The Morgan fingerprint density at radius 3 is 1.74 bits per heavy atom. The van der Waals surface area contributed by atoms with Crippen LogP contribution in [0, 0.1) is 5.21 Å². The fourth-order valence-electron chi connectivity index (χ4n) is 3.61. The van der Waals surface area contributed by atoms with E-state index in [0.29, 0.717) is 5.56 Å². The molecule has 0 spiro atoms. The molecule has 0 aromatic heterocycles. The van der Waals surface area contributed by atoms with Gasteiger partial charge in [-0.05, 0) is 39.2 Å². The topological polar surface area (TPSA) is 223 Å². The lowest BCUT2D eigenvalue weighted by atomic mass is 10.0. The van der Waals surface area contributed by atoms with Gasteiger partial charge in [0.2, 0.25) is 11.8 Å². The summed E-state index contributed by atoms with van der Waals surface area (Å²) in [5, 5.41) is 26.6. The molecule has 16 nitrogen and oxygen atoms in total. The number of hydrogen-bond acceptors (Lipinski definition) is 12. The van der Waals surface area contributed by atoms with Crippen molar-refractivity contribution in [1.29, 1.82) is 0 Å². The van der Waals surface area contributed by atoms with Gasteiger partial charge in [-0.1, -0.05) is 12.1 Å². The second-order valence-electron chi connectivity index (χ2n) is 10.3. The lowest BCUT2D eigenvalue weighted by Gasteiger charge is -2.26. The molecular formula is C27H40N4O12. The van der Waals surface area contributed by atoms with Crippen molar-refractivity contribution in [1.82, 2.24) is 16.0 Å². The van der Waals surface area contributed by atoms with Gasteiger partial charge in [0.15, 0.2) is 5.69 Å². The smallest absolute Gasteiger partial charge is 0.408 e. The standard InChI is InChI=1S/C27H40N4O12/c1-27(2,3)43-26(37)30-18(11-13-21(32)40-4)23(34)29-20(15-16-7-9-17(10-8-16)31(38)39)24(35)28-19(25(36)42-6)12-14-22(33)41-5/h7-10,18-20,31,38H,11-15H2,1-6H3,(H,28,35)(H,29,34)(H,30,37). The van der Waals surface area contributed by atoms with Gasteiger partial charge < -0.3 is 40.1 Å². The molecule has 1 aromatic carbocycles. The number of carbonyl (C=O) groups excluding carboxylic acids is 6. The van der Waals surface area contributed by atoms with E-state index in [1.165, 1.54) is 24.3 Å². The van der Waals surface area contributed by atoms with Gasteiger partial charge in [0.05, 0.1) is 21.3 Å². The first-order valence-electron chi connectivity index (χ1n) is 13.2. The molecule has 4 atom stereocenters. The van der Waals surface area contributed by atoms with Crippen molar-refractivity contribution in [3.05, 3.63) is 35.0 Å². The Kier molecular flexibility index (Phi) is 15.1. The van der Waals surface area contributed by atoms with Crippen molar-refractivity contribution >= 4 is 41.5 Å². The molecule has 43 heavy (non-hydrogen) atoms. The molecule has 0 aliphatic heterocycles. The molecule has 0 saturated heterocycles. The molecule has 3 amide bonds. The van der Waals surface area contributed by atoms with Crippen LogP contribution in [-0.4, -0.2) is 86.1 Å². The molecule has 16 heteroatoms. The highest BCUT2D eigenvalue weighted by Gasteiger charge is 2.31. The number of carbonyl (C=O) groups is 6. The number of alkyl carbamates (subject to hydrolysis) is 1. The Balaban J connectivity index is 3.30. The first-order chi connectivity index (χ1) is 20.1. The number of benzene rings is 1. The first-order valence-corrected chi connectivity index (χ1v) is 13.2. The van der Waals surface area contributed by atoms with Gasteiger partial charge in [0.25, 0.3) is 0 Å². The molecule has 1 aromatic rings. The Labute approximate surface area is 248 Å². The molecular weight excluding hydrogens is 572 g/mol. The van der Waals surface area contributed by atoms with Crippen molar-refractivity contribution < 1.29 is 58.1 Å². The van der Waals surface area contributed by atoms with Crippen molar-refractivity contribution in [2.24, 2.45) is 0 Å². The third-order valence-electron chi connectivity index (χ3n) is 5.81. The molecule has 5 N–H and O–H groups in total. The molecule has 0 fully saturated rings. The van der Waals surface area contributed by atoms with Crippen molar-refractivity contribution in [2.45, 2.75) is 76.6 Å². The Hall–Kier alpha value is -4.28. The zero-order valence-electron chi connectivity index (χ0n) is 25.0. The number of amides is 3. The fourth-order valence-corrected chi connectivity index (χ4v) is 3.61. The summed E-state index contributed by atoms with van der Waals surface area (Å²) in [6.07, 6.45) is -1.96. The van der Waals surface area contributed by atoms with Crippen LogP contribution in [0.5, 0.6) is 0 Å². The molecule has 0 heterocycles. The number of rotatable bonds is 15. The Bertz CT molecular complexity index is 1120. The van der Waals surface area contributed by atoms with Crippen LogP contribution in [0.4, 0.5) is 10.5 Å². The van der Waals surface area contributed by atoms with Crippen LogP contribution in [0.25, 0.3) is 0 Å². The molecule has 0 radical (unpaired) electrons. The predicted molar refractivity (Wildman–Crippen MR) is 147 cm³/mol. The molecule has 4 unspecified atom stereocenters. The normalized spacial score (nSPS) is 13.8. The van der Waals surface area contributed by atoms with Crippen molar-refractivity contribution in [2.75, 3.05) is 21.3 Å². The minimum Gasteiger partial charge on any atom is -0.595 e. The van der Waals surface area contributed by atoms with Gasteiger partial charge in [0.1, 0.15) is 23.7 Å². The van der Waals surface area contributed by atoms with E-state index in [1.807, 2.05) is 0 Å². The maximum Gasteiger partial charge on any atom is 0.408 e. The average Bonchev–Trinajstić information content (AvgIpc) is 2.95. The van der Waals surface area contributed by atoms with Crippen LogP contribution in [-0.2, 0) is 49.3 Å². The van der Waals surface area contributed by atoms with Crippen molar-refractivity contribution in [3.8, 4) is 0 Å². The van der Waals surface area contributed by atoms with E-state index in [9.17, 15) is 39.2 Å². The Morgan fingerprint density at radius 2 is 1.28 bits per heavy atom. The highest BCUT2D eigenvalue weighted by Crippen LogP contribution is 2.12. The zero-order valence-corrected chi connectivity index (χ0v) is 25.0. The minimum atomic E-state index is -1.37. The number of esters is 3. The quantitative estimate of drug-likeness (QED) is 0.0967. The minimum absolute atomic E-state index is 0.00760. The lowest BCUT2D eigenvalue weighted by molar-refractivity contribution is -0.991. The molecule has 1 rings (SSSR count). The average molecular weight is 613 g/mol. The zero-order chi connectivity index (χ0) is 32.7. The summed E-state index contributed by atoms with van der Waals surface area (Å²) >= 11 is 0. The molecule has 0 aliphatic rings. The van der Waals surface area contributed by atoms with Gasteiger partial charge in [-0.2, -0.15) is 5.23 Å². The van der Waals surface area contributed by atoms with E-state index in [2.05, 4.69) is 25.4 Å². The predicted octanol–water partition coefficient (Wildman–Crippen LogP) is -0.425. The number of nitrogens with one attached hydrogen (secondary N) is 4. The van der Waals surface area contributed by atoms with E-state index in [-0.39, 0.29) is 37.8 Å². The van der Waals surface area contributed by atoms with Gasteiger partial charge in [-0.15, -0.1) is 0 Å². The summed E-state index contributed by atoms with van der Waals surface area (Å²) in [6.45, 7) is 4.85. The van der Waals surface area contributed by atoms with Gasteiger partial charge >= 0.3 is 24.0 Å². The van der Waals surface area contributed by atoms with Gasteiger partial charge in [-0.3, -0.25) is 19.2 Å². The largest absolute Gasteiger partial charge is 0.595 e. The van der Waals surface area contributed by atoms with Gasteiger partial charge in [-0.25, -0.2) is 14.8 Å². The number of methoxy groups -OCH3 is 3. The summed E-state index contributed by atoms with van der Waals surface area (Å²) < 4.78 is 19.1. The summed E-state index contributed by atoms with van der Waals surface area (Å²) in [6, 6.07) is 1.53. The highest BCUT2D eigenvalue weighted by molar-refractivity contribution is 5.93. The monoisotopic (exact) mass is 612 g/mol. The number of quaternary nitrogens is 1. The summed E-state index contributed by atoms with van der Waals surface area (Å²) in [5.41, 5.74) is -0.460. The molecule has 0 aliphatic carbocycles. The van der Waals surface area contributed by atoms with Crippen LogP contribution in [0.2, 0.25) is 0 Å². The molecule has 240 valence electrons. The maximum absolute atomic E-state index is 13.4. The third kappa shape index (κ3) is 14.0. The highest BCUT2D eigenvalue weighted by atomic mass is 16.8. The second-order valence-corrected chi connectivity index (χ2v) is 10.3. The van der Waals surface area contributed by atoms with E-state index >= 15 is 0 Å². The van der Waals surface area contributed by atoms with Crippen LogP contribution in [0.3, 0.4) is 0 Å². The summed E-state index contributed by atoms with van der Waals surface area (Å²) in [4.78, 5) is 75.0. The Morgan fingerprint density at radius 1 is 0.791 bits per heavy atom. The summed E-state index contributed by atoms with van der Waals surface area (Å²) in [5.74, 6) is -3.84. The third-order valence-corrected chi connectivity index (χ3v) is 5.81. The fraction of sp³-hybridized carbons (Fsp3) is 0.556.